The molecule has 16 heavy (non-hydrogen) atoms. The molecule has 0 aromatic heterocycles. The van der Waals surface area contributed by atoms with E-state index >= 15 is 0 Å². The topological polar surface area (TPSA) is 29.1 Å². The minimum atomic E-state index is -4.30. The van der Waals surface area contributed by atoms with E-state index in [1.807, 2.05) is 0 Å². The molecule has 1 N–H and O–H groups in total. The zero-order valence-electron chi connectivity index (χ0n) is 8.77. The standard InChI is InChI=1S/C11H12F3NO/c1-15-7-10(16)9-5-3-2-4-8(9)6-11(12,13)14/h2-5,15H,6-7H2,1H3. The second-order valence-electron chi connectivity index (χ2n) is 3.40. The van der Waals surface area contributed by atoms with Gasteiger partial charge < -0.3 is 5.32 Å². The Balaban J connectivity index is 2.96. The molecule has 1 rings (SSSR count). The van der Waals surface area contributed by atoms with Crippen LogP contribution in [0, 0.1) is 0 Å². The van der Waals surface area contributed by atoms with Crippen molar-refractivity contribution in [1.82, 2.24) is 5.32 Å². The van der Waals surface area contributed by atoms with Gasteiger partial charge in [-0.1, -0.05) is 24.3 Å². The Morgan fingerprint density at radius 3 is 2.50 bits per heavy atom. The van der Waals surface area contributed by atoms with E-state index in [9.17, 15) is 18.0 Å². The number of hydrogen-bond acceptors (Lipinski definition) is 2. The predicted molar refractivity (Wildman–Crippen MR) is 54.5 cm³/mol. The van der Waals surface area contributed by atoms with Crippen molar-refractivity contribution in [2.24, 2.45) is 0 Å². The van der Waals surface area contributed by atoms with Gasteiger partial charge in [0.1, 0.15) is 0 Å². The van der Waals surface area contributed by atoms with Crippen LogP contribution in [0.25, 0.3) is 0 Å². The van der Waals surface area contributed by atoms with Crippen molar-refractivity contribution in [3.05, 3.63) is 35.4 Å². The molecule has 0 fully saturated rings. The first-order valence-electron chi connectivity index (χ1n) is 4.76. The first-order chi connectivity index (χ1) is 7.44. The summed E-state index contributed by atoms with van der Waals surface area (Å²) in [5.41, 5.74) is 0.157. The molecule has 1 aromatic rings. The summed E-state index contributed by atoms with van der Waals surface area (Å²) >= 11 is 0. The van der Waals surface area contributed by atoms with Crippen LogP contribution < -0.4 is 5.32 Å². The Kier molecular flexibility index (Phi) is 4.06. The Morgan fingerprint density at radius 2 is 1.94 bits per heavy atom. The molecule has 0 bridgehead atoms. The molecule has 0 radical (unpaired) electrons. The van der Waals surface area contributed by atoms with Gasteiger partial charge in [0.2, 0.25) is 0 Å². The molecule has 88 valence electrons. The fourth-order valence-electron chi connectivity index (χ4n) is 1.42. The monoisotopic (exact) mass is 231 g/mol. The second kappa shape index (κ2) is 5.12. The molecule has 0 amide bonds. The number of nitrogens with one attached hydrogen (secondary N) is 1. The lowest BCUT2D eigenvalue weighted by atomic mass is 10.0. The van der Waals surface area contributed by atoms with Gasteiger partial charge in [0.15, 0.2) is 5.78 Å². The minimum absolute atomic E-state index is 0.0234. The van der Waals surface area contributed by atoms with Crippen molar-refractivity contribution in [2.45, 2.75) is 12.6 Å². The third kappa shape index (κ3) is 3.66. The molecule has 0 unspecified atom stereocenters. The van der Waals surface area contributed by atoms with Gasteiger partial charge in [-0.3, -0.25) is 4.79 Å². The van der Waals surface area contributed by atoms with E-state index in [2.05, 4.69) is 5.32 Å². The van der Waals surface area contributed by atoms with Crippen LogP contribution in [0.15, 0.2) is 24.3 Å². The Bertz CT molecular complexity index is 374. The van der Waals surface area contributed by atoms with Gasteiger partial charge in [-0.05, 0) is 12.6 Å². The maximum absolute atomic E-state index is 12.2. The summed E-state index contributed by atoms with van der Waals surface area (Å²) in [5, 5.41) is 2.63. The molecule has 0 aliphatic carbocycles. The Morgan fingerprint density at radius 1 is 1.31 bits per heavy atom. The molecule has 0 aliphatic rings. The molecule has 5 heteroatoms. The summed E-state index contributed by atoms with van der Waals surface area (Å²) in [5.74, 6) is -0.331. The van der Waals surface area contributed by atoms with Crippen molar-refractivity contribution in [2.75, 3.05) is 13.6 Å². The van der Waals surface area contributed by atoms with Crippen LogP contribution in [0.2, 0.25) is 0 Å². The molecule has 0 saturated carbocycles. The van der Waals surface area contributed by atoms with Crippen LogP contribution >= 0.6 is 0 Å². The Labute approximate surface area is 91.5 Å². The fourth-order valence-corrected chi connectivity index (χ4v) is 1.42. The van der Waals surface area contributed by atoms with Crippen molar-refractivity contribution < 1.29 is 18.0 Å². The van der Waals surface area contributed by atoms with Crippen molar-refractivity contribution in [1.29, 1.82) is 0 Å². The first-order valence-corrected chi connectivity index (χ1v) is 4.76. The van der Waals surface area contributed by atoms with E-state index in [1.165, 1.54) is 18.2 Å². The lowest BCUT2D eigenvalue weighted by molar-refractivity contribution is -0.127. The van der Waals surface area contributed by atoms with E-state index in [0.29, 0.717) is 0 Å². The molecule has 0 spiro atoms. The molecular weight excluding hydrogens is 219 g/mol. The third-order valence-electron chi connectivity index (χ3n) is 2.05. The largest absolute Gasteiger partial charge is 0.393 e. The van der Waals surface area contributed by atoms with E-state index in [1.54, 1.807) is 13.1 Å². The van der Waals surface area contributed by atoms with Crippen molar-refractivity contribution in [3.8, 4) is 0 Å². The SMILES string of the molecule is CNCC(=O)c1ccccc1CC(F)(F)F. The van der Waals surface area contributed by atoms with Crippen LogP contribution in [0.1, 0.15) is 15.9 Å². The quantitative estimate of drug-likeness (QED) is 0.805. The Hall–Kier alpha value is -1.36. The number of carbonyl (C=O) groups excluding carboxylic acids is 1. The molecular formula is C11H12F3NO. The van der Waals surface area contributed by atoms with E-state index in [0.717, 1.165) is 0 Å². The highest BCUT2D eigenvalue weighted by atomic mass is 19.4. The van der Waals surface area contributed by atoms with Gasteiger partial charge in [-0.15, -0.1) is 0 Å². The third-order valence-corrected chi connectivity index (χ3v) is 2.05. The van der Waals surface area contributed by atoms with Crippen LogP contribution in [0.5, 0.6) is 0 Å². The summed E-state index contributed by atoms with van der Waals surface area (Å²) < 4.78 is 36.7. The molecule has 2 nitrogen and oxygen atoms in total. The highest BCUT2D eigenvalue weighted by Crippen LogP contribution is 2.23. The lowest BCUT2D eigenvalue weighted by Crippen LogP contribution is -2.21. The molecule has 0 saturated heterocycles. The predicted octanol–water partition coefficient (Wildman–Crippen LogP) is 2.19. The number of rotatable bonds is 4. The summed E-state index contributed by atoms with van der Waals surface area (Å²) in [7, 11) is 1.57. The van der Waals surface area contributed by atoms with Gasteiger partial charge in [-0.2, -0.15) is 13.2 Å². The van der Waals surface area contributed by atoms with E-state index in [4.69, 9.17) is 0 Å². The molecule has 0 atom stereocenters. The minimum Gasteiger partial charge on any atom is -0.313 e. The summed E-state index contributed by atoms with van der Waals surface area (Å²) in [6, 6.07) is 5.80. The van der Waals surface area contributed by atoms with Gasteiger partial charge in [0.25, 0.3) is 0 Å². The fraction of sp³-hybridized carbons (Fsp3) is 0.364. The van der Waals surface area contributed by atoms with Gasteiger partial charge in [0, 0.05) is 5.56 Å². The number of halogens is 3. The number of ketones is 1. The summed E-state index contributed by atoms with van der Waals surface area (Å²) in [4.78, 5) is 11.5. The van der Waals surface area contributed by atoms with Crippen LogP contribution in [0.4, 0.5) is 13.2 Å². The van der Waals surface area contributed by atoms with E-state index in [-0.39, 0.29) is 23.5 Å². The smallest absolute Gasteiger partial charge is 0.313 e. The molecule has 0 aliphatic heterocycles. The lowest BCUT2D eigenvalue weighted by Gasteiger charge is -2.10. The summed E-state index contributed by atoms with van der Waals surface area (Å²) in [6.07, 6.45) is -5.37. The average Bonchev–Trinajstić information content (AvgIpc) is 2.16. The average molecular weight is 231 g/mol. The number of Topliss-reactive ketones (excluding diaryl/α,β-unsaturated/α-hetero) is 1. The zero-order chi connectivity index (χ0) is 12.2. The molecule has 0 heterocycles. The van der Waals surface area contributed by atoms with Crippen LogP contribution in [0.3, 0.4) is 0 Å². The van der Waals surface area contributed by atoms with Gasteiger partial charge in [-0.25, -0.2) is 0 Å². The van der Waals surface area contributed by atoms with Gasteiger partial charge >= 0.3 is 6.18 Å². The van der Waals surface area contributed by atoms with Crippen molar-refractivity contribution in [3.63, 3.8) is 0 Å². The number of benzene rings is 1. The van der Waals surface area contributed by atoms with Crippen LogP contribution in [-0.4, -0.2) is 25.6 Å². The maximum atomic E-state index is 12.2. The maximum Gasteiger partial charge on any atom is 0.393 e. The number of alkyl halides is 3. The number of hydrogen-bond donors (Lipinski definition) is 1. The van der Waals surface area contributed by atoms with Crippen molar-refractivity contribution >= 4 is 5.78 Å². The van der Waals surface area contributed by atoms with E-state index < -0.39 is 12.6 Å². The number of likely N-dealkylation sites (N-methyl/N-ethyl adjacent to an activating group) is 1. The first kappa shape index (κ1) is 12.7. The second-order valence-corrected chi connectivity index (χ2v) is 3.40. The van der Waals surface area contributed by atoms with Gasteiger partial charge in [0.05, 0.1) is 13.0 Å². The highest BCUT2D eigenvalue weighted by Gasteiger charge is 2.29. The van der Waals surface area contributed by atoms with Crippen LogP contribution in [-0.2, 0) is 6.42 Å². The summed E-state index contributed by atoms with van der Waals surface area (Å²) in [6.45, 7) is 0.0366. The zero-order valence-corrected chi connectivity index (χ0v) is 8.77. The number of carbonyl (C=O) groups is 1. The molecule has 1 aromatic carbocycles. The normalized spacial score (nSPS) is 11.5. The highest BCUT2D eigenvalue weighted by molar-refractivity contribution is 5.98.